The van der Waals surface area contributed by atoms with Gasteiger partial charge in [0.15, 0.2) is 0 Å². The van der Waals surface area contributed by atoms with Crippen molar-refractivity contribution in [1.82, 2.24) is 4.90 Å². The molecule has 1 aromatic carbocycles. The number of benzene rings is 1. The van der Waals surface area contributed by atoms with E-state index in [0.717, 1.165) is 17.0 Å². The normalized spacial score (nSPS) is 13.7. The maximum atomic E-state index is 13.5. The molecule has 1 N–H and O–H groups in total. The topological polar surface area (TPSA) is 32.7 Å². The third-order valence-corrected chi connectivity index (χ3v) is 2.77. The minimum atomic E-state index is -4.45. The Labute approximate surface area is 118 Å². The largest absolute Gasteiger partial charge is 0.401 e. The fourth-order valence-electron chi connectivity index (χ4n) is 1.82. The smallest absolute Gasteiger partial charge is 0.387 e. The summed E-state index contributed by atoms with van der Waals surface area (Å²) in [5, 5.41) is 9.85. The first-order chi connectivity index (χ1) is 9.73. The molecule has 1 rings (SSSR count). The van der Waals surface area contributed by atoms with Gasteiger partial charge in [0, 0.05) is 31.8 Å². The molecule has 0 heterocycles. The van der Waals surface area contributed by atoms with Crippen molar-refractivity contribution in [2.75, 3.05) is 33.4 Å². The number of halogens is 5. The van der Waals surface area contributed by atoms with Crippen LogP contribution in [0, 0.1) is 11.6 Å². The monoisotopic (exact) mass is 313 g/mol. The summed E-state index contributed by atoms with van der Waals surface area (Å²) < 4.78 is 68.2. The van der Waals surface area contributed by atoms with Gasteiger partial charge < -0.3 is 9.84 Å². The molecule has 0 aliphatic carbocycles. The molecule has 21 heavy (non-hydrogen) atoms. The van der Waals surface area contributed by atoms with E-state index in [9.17, 15) is 27.1 Å². The Morgan fingerprint density at radius 3 is 2.48 bits per heavy atom. The summed E-state index contributed by atoms with van der Waals surface area (Å²) in [4.78, 5) is 0.900. The fraction of sp³-hybridized carbons (Fsp3) is 0.538. The van der Waals surface area contributed by atoms with Gasteiger partial charge in [0.25, 0.3) is 0 Å². The highest BCUT2D eigenvalue weighted by molar-refractivity contribution is 5.21. The van der Waals surface area contributed by atoms with Gasteiger partial charge in [-0.2, -0.15) is 13.2 Å². The predicted molar refractivity (Wildman–Crippen MR) is 65.7 cm³/mol. The lowest BCUT2D eigenvalue weighted by atomic mass is 10.1. The van der Waals surface area contributed by atoms with Gasteiger partial charge in [-0.05, 0) is 6.07 Å². The van der Waals surface area contributed by atoms with Crippen molar-refractivity contribution in [3.05, 3.63) is 35.4 Å². The lowest BCUT2D eigenvalue weighted by Crippen LogP contribution is -2.39. The van der Waals surface area contributed by atoms with Crippen LogP contribution in [-0.4, -0.2) is 49.5 Å². The van der Waals surface area contributed by atoms with Crippen LogP contribution in [0.1, 0.15) is 11.7 Å². The van der Waals surface area contributed by atoms with E-state index in [2.05, 4.69) is 0 Å². The molecular weight excluding hydrogens is 297 g/mol. The molecular formula is C13H16F5NO2. The Bertz CT molecular complexity index is 453. The summed E-state index contributed by atoms with van der Waals surface area (Å²) >= 11 is 0. The number of aliphatic hydroxyl groups excluding tert-OH is 1. The molecule has 0 aromatic heterocycles. The Hall–Kier alpha value is -1.25. The van der Waals surface area contributed by atoms with Crippen LogP contribution in [0.4, 0.5) is 22.0 Å². The molecule has 0 amide bonds. The van der Waals surface area contributed by atoms with Crippen LogP contribution in [0.15, 0.2) is 18.2 Å². The van der Waals surface area contributed by atoms with Crippen LogP contribution in [0.2, 0.25) is 0 Å². The van der Waals surface area contributed by atoms with Crippen molar-refractivity contribution >= 4 is 0 Å². The van der Waals surface area contributed by atoms with E-state index >= 15 is 0 Å². The molecule has 0 aliphatic rings. The summed E-state index contributed by atoms with van der Waals surface area (Å²) in [6.45, 7) is -1.73. The second kappa shape index (κ2) is 7.67. The first kappa shape index (κ1) is 17.8. The van der Waals surface area contributed by atoms with E-state index in [1.165, 1.54) is 7.11 Å². The van der Waals surface area contributed by atoms with Crippen LogP contribution < -0.4 is 0 Å². The van der Waals surface area contributed by atoms with E-state index < -0.39 is 37.0 Å². The zero-order chi connectivity index (χ0) is 16.0. The van der Waals surface area contributed by atoms with Gasteiger partial charge in [-0.15, -0.1) is 0 Å². The molecule has 0 aliphatic heterocycles. The minimum absolute atomic E-state index is 0.0364. The van der Waals surface area contributed by atoms with Crippen molar-refractivity contribution < 1.29 is 31.8 Å². The third kappa shape index (κ3) is 6.36. The lowest BCUT2D eigenvalue weighted by molar-refractivity contribution is -0.149. The maximum Gasteiger partial charge on any atom is 0.401 e. The van der Waals surface area contributed by atoms with Gasteiger partial charge in [0.2, 0.25) is 0 Å². The molecule has 0 saturated heterocycles. The zero-order valence-electron chi connectivity index (χ0n) is 11.3. The highest BCUT2D eigenvalue weighted by Gasteiger charge is 2.31. The SMILES string of the molecule is COCCN(CC(O)c1ccc(F)cc1F)CC(F)(F)F. The number of hydrogen-bond donors (Lipinski definition) is 1. The summed E-state index contributed by atoms with van der Waals surface area (Å²) in [6, 6.07) is 2.52. The molecule has 0 saturated carbocycles. The number of aliphatic hydroxyl groups is 1. The van der Waals surface area contributed by atoms with E-state index in [1.54, 1.807) is 0 Å². The second-order valence-corrected chi connectivity index (χ2v) is 4.52. The van der Waals surface area contributed by atoms with Gasteiger partial charge in [-0.25, -0.2) is 8.78 Å². The Morgan fingerprint density at radius 1 is 1.29 bits per heavy atom. The van der Waals surface area contributed by atoms with Crippen molar-refractivity contribution in [1.29, 1.82) is 0 Å². The summed E-state index contributed by atoms with van der Waals surface area (Å²) in [5.41, 5.74) is -0.249. The first-order valence-corrected chi connectivity index (χ1v) is 6.14. The van der Waals surface area contributed by atoms with E-state index in [1.807, 2.05) is 0 Å². The molecule has 120 valence electrons. The fourth-order valence-corrected chi connectivity index (χ4v) is 1.82. The average Bonchev–Trinajstić information content (AvgIpc) is 2.33. The van der Waals surface area contributed by atoms with Gasteiger partial charge in [-0.1, -0.05) is 6.07 Å². The second-order valence-electron chi connectivity index (χ2n) is 4.52. The van der Waals surface area contributed by atoms with Crippen LogP contribution in [-0.2, 0) is 4.74 Å². The molecule has 1 unspecified atom stereocenters. The molecule has 0 fully saturated rings. The molecule has 1 aromatic rings. The van der Waals surface area contributed by atoms with Crippen LogP contribution in [0.25, 0.3) is 0 Å². The molecule has 0 bridgehead atoms. The third-order valence-electron chi connectivity index (χ3n) is 2.77. The minimum Gasteiger partial charge on any atom is -0.387 e. The summed E-state index contributed by atoms with van der Waals surface area (Å²) in [7, 11) is 1.34. The maximum absolute atomic E-state index is 13.5. The number of alkyl halides is 3. The van der Waals surface area contributed by atoms with Crippen molar-refractivity contribution in [2.24, 2.45) is 0 Å². The lowest BCUT2D eigenvalue weighted by Gasteiger charge is -2.26. The molecule has 8 heteroatoms. The van der Waals surface area contributed by atoms with Crippen LogP contribution in [0.3, 0.4) is 0 Å². The zero-order valence-corrected chi connectivity index (χ0v) is 11.3. The van der Waals surface area contributed by atoms with Gasteiger partial charge >= 0.3 is 6.18 Å². The van der Waals surface area contributed by atoms with Crippen LogP contribution in [0.5, 0.6) is 0 Å². The van der Waals surface area contributed by atoms with Crippen molar-refractivity contribution in [2.45, 2.75) is 12.3 Å². The number of ether oxygens (including phenoxy) is 1. The predicted octanol–water partition coefficient (Wildman–Crippen LogP) is 2.51. The Morgan fingerprint density at radius 2 is 1.95 bits per heavy atom. The molecule has 1 atom stereocenters. The number of hydrogen-bond acceptors (Lipinski definition) is 3. The van der Waals surface area contributed by atoms with Crippen molar-refractivity contribution in [3.8, 4) is 0 Å². The number of rotatable bonds is 7. The molecule has 0 radical (unpaired) electrons. The van der Waals surface area contributed by atoms with E-state index in [-0.39, 0.29) is 18.7 Å². The standard InChI is InChI=1S/C13H16F5NO2/c1-21-5-4-19(8-13(16,17)18)7-12(20)10-3-2-9(14)6-11(10)15/h2-3,6,12,20H,4-5,7-8H2,1H3. The van der Waals surface area contributed by atoms with Gasteiger partial charge in [0.05, 0.1) is 19.3 Å². The quantitative estimate of drug-likeness (QED) is 0.785. The van der Waals surface area contributed by atoms with Crippen molar-refractivity contribution in [3.63, 3.8) is 0 Å². The van der Waals surface area contributed by atoms with Gasteiger partial charge in [-0.3, -0.25) is 4.90 Å². The number of nitrogens with zero attached hydrogens (tertiary/aromatic N) is 1. The first-order valence-electron chi connectivity index (χ1n) is 6.14. The number of methoxy groups -OCH3 is 1. The van der Waals surface area contributed by atoms with Gasteiger partial charge in [0.1, 0.15) is 11.6 Å². The Kier molecular flexibility index (Phi) is 6.50. The van der Waals surface area contributed by atoms with E-state index in [0.29, 0.717) is 6.07 Å². The summed E-state index contributed by atoms with van der Waals surface area (Å²) in [5.74, 6) is -1.82. The molecule has 3 nitrogen and oxygen atoms in total. The Balaban J connectivity index is 2.76. The summed E-state index contributed by atoms with van der Waals surface area (Å²) in [6.07, 6.45) is -5.95. The van der Waals surface area contributed by atoms with E-state index in [4.69, 9.17) is 4.74 Å². The van der Waals surface area contributed by atoms with Crippen LogP contribution >= 0.6 is 0 Å². The highest BCUT2D eigenvalue weighted by Crippen LogP contribution is 2.22. The average molecular weight is 313 g/mol. The highest BCUT2D eigenvalue weighted by atomic mass is 19.4. The molecule has 0 spiro atoms.